The first-order chi connectivity index (χ1) is 11.3. The summed E-state index contributed by atoms with van der Waals surface area (Å²) < 4.78 is 0. The first-order valence-electron chi connectivity index (χ1n) is 9.41. The number of hydrogen-bond acceptors (Lipinski definition) is 4. The van der Waals surface area contributed by atoms with E-state index in [0.29, 0.717) is 6.04 Å². The van der Waals surface area contributed by atoms with Gasteiger partial charge in [0.05, 0.1) is 0 Å². The third-order valence-electron chi connectivity index (χ3n) is 5.40. The Morgan fingerprint density at radius 2 is 1.91 bits per heavy atom. The minimum absolute atomic E-state index is 0.587. The minimum atomic E-state index is 0.587. The second kappa shape index (κ2) is 8.11. The van der Waals surface area contributed by atoms with Gasteiger partial charge in [0.1, 0.15) is 5.82 Å². The van der Waals surface area contributed by atoms with Crippen LogP contribution in [0.1, 0.15) is 50.6 Å². The maximum atomic E-state index is 4.80. The molecule has 4 heteroatoms. The number of unbranched alkanes of at least 4 members (excludes halogenated alkanes) is 1. The highest BCUT2D eigenvalue weighted by atomic mass is 15.3. The van der Waals surface area contributed by atoms with Crippen molar-refractivity contribution in [3.8, 4) is 0 Å². The van der Waals surface area contributed by atoms with E-state index in [9.17, 15) is 0 Å². The maximum absolute atomic E-state index is 4.80. The molecule has 0 N–H and O–H groups in total. The third-order valence-corrected chi connectivity index (χ3v) is 5.40. The molecule has 0 unspecified atom stereocenters. The summed E-state index contributed by atoms with van der Waals surface area (Å²) in [7, 11) is 2.20. The fourth-order valence-corrected chi connectivity index (χ4v) is 3.81. The molecule has 1 aromatic rings. The highest BCUT2D eigenvalue weighted by Crippen LogP contribution is 2.31. The zero-order valence-electron chi connectivity index (χ0n) is 14.9. The zero-order chi connectivity index (χ0) is 16.1. The van der Waals surface area contributed by atoms with Crippen molar-refractivity contribution in [2.24, 2.45) is 0 Å². The Hall–Kier alpha value is -1.13. The SMILES string of the molecule is CCCCN1CCCC[C@H]1c1ccc(N2CCN(C)CC2)nc1. The van der Waals surface area contributed by atoms with Gasteiger partial charge in [-0.05, 0) is 51.0 Å². The standard InChI is InChI=1S/C19H32N4/c1-3-4-10-22-11-6-5-7-18(22)17-8-9-19(20-16-17)23-14-12-21(2)13-15-23/h8-9,16,18H,3-7,10-15H2,1-2H3/t18-/m0/s1. The van der Waals surface area contributed by atoms with Crippen LogP contribution in [0.4, 0.5) is 5.82 Å². The molecule has 2 aliphatic rings. The molecule has 0 bridgehead atoms. The van der Waals surface area contributed by atoms with Crippen LogP contribution in [0, 0.1) is 0 Å². The number of aromatic nitrogens is 1. The molecule has 1 aromatic heterocycles. The average molecular weight is 316 g/mol. The third kappa shape index (κ3) is 4.24. The summed E-state index contributed by atoms with van der Waals surface area (Å²) in [5, 5.41) is 0. The van der Waals surface area contributed by atoms with E-state index < -0.39 is 0 Å². The molecule has 23 heavy (non-hydrogen) atoms. The molecule has 2 saturated heterocycles. The van der Waals surface area contributed by atoms with Crippen molar-refractivity contribution in [1.82, 2.24) is 14.8 Å². The van der Waals surface area contributed by atoms with Crippen LogP contribution in [-0.2, 0) is 0 Å². The summed E-state index contributed by atoms with van der Waals surface area (Å²) in [6.45, 7) is 9.23. The number of pyridine rings is 1. The Bertz CT molecular complexity index is 465. The lowest BCUT2D eigenvalue weighted by molar-refractivity contribution is 0.146. The number of hydrogen-bond donors (Lipinski definition) is 0. The molecular weight excluding hydrogens is 284 g/mol. The van der Waals surface area contributed by atoms with Gasteiger partial charge >= 0.3 is 0 Å². The molecule has 0 aromatic carbocycles. The Morgan fingerprint density at radius 3 is 2.61 bits per heavy atom. The van der Waals surface area contributed by atoms with Gasteiger partial charge in [-0.15, -0.1) is 0 Å². The molecule has 3 heterocycles. The molecule has 0 amide bonds. The number of rotatable bonds is 5. The molecule has 1 atom stereocenters. The van der Waals surface area contributed by atoms with E-state index in [4.69, 9.17) is 4.98 Å². The Kier molecular flexibility index (Phi) is 5.90. The number of anilines is 1. The number of likely N-dealkylation sites (N-methyl/N-ethyl adjacent to an activating group) is 1. The van der Waals surface area contributed by atoms with Gasteiger partial charge < -0.3 is 9.80 Å². The van der Waals surface area contributed by atoms with Gasteiger partial charge in [0, 0.05) is 38.4 Å². The van der Waals surface area contributed by atoms with Crippen LogP contribution in [0.15, 0.2) is 18.3 Å². The van der Waals surface area contributed by atoms with Crippen LogP contribution in [0.2, 0.25) is 0 Å². The second-order valence-electron chi connectivity index (χ2n) is 7.14. The van der Waals surface area contributed by atoms with Gasteiger partial charge in [-0.3, -0.25) is 4.90 Å². The fraction of sp³-hybridized carbons (Fsp3) is 0.737. The van der Waals surface area contributed by atoms with Crippen LogP contribution >= 0.6 is 0 Å². The predicted molar refractivity (Wildman–Crippen MR) is 97.0 cm³/mol. The number of likely N-dealkylation sites (tertiary alicyclic amines) is 1. The molecule has 2 aliphatic heterocycles. The van der Waals surface area contributed by atoms with Crippen molar-refractivity contribution in [3.63, 3.8) is 0 Å². The van der Waals surface area contributed by atoms with Crippen molar-refractivity contribution < 1.29 is 0 Å². The number of piperazine rings is 1. The van der Waals surface area contributed by atoms with E-state index in [0.717, 1.165) is 32.0 Å². The zero-order valence-corrected chi connectivity index (χ0v) is 14.9. The Labute approximate surface area is 141 Å². The van der Waals surface area contributed by atoms with Crippen LogP contribution < -0.4 is 4.90 Å². The molecule has 128 valence electrons. The smallest absolute Gasteiger partial charge is 0.128 e. The highest BCUT2D eigenvalue weighted by Gasteiger charge is 2.24. The van der Waals surface area contributed by atoms with Crippen LogP contribution in [0.25, 0.3) is 0 Å². The fourth-order valence-electron chi connectivity index (χ4n) is 3.81. The van der Waals surface area contributed by atoms with E-state index in [1.807, 2.05) is 0 Å². The summed E-state index contributed by atoms with van der Waals surface area (Å²) in [6.07, 6.45) is 8.73. The van der Waals surface area contributed by atoms with Gasteiger partial charge in [0.25, 0.3) is 0 Å². The topological polar surface area (TPSA) is 22.6 Å². The van der Waals surface area contributed by atoms with Gasteiger partial charge in [-0.1, -0.05) is 25.8 Å². The van der Waals surface area contributed by atoms with E-state index in [2.05, 4.69) is 47.0 Å². The van der Waals surface area contributed by atoms with Gasteiger partial charge in [-0.2, -0.15) is 0 Å². The molecule has 0 aliphatic carbocycles. The van der Waals surface area contributed by atoms with Crippen molar-refractivity contribution in [1.29, 1.82) is 0 Å². The molecule has 3 rings (SSSR count). The first kappa shape index (κ1) is 16.7. The van der Waals surface area contributed by atoms with E-state index in [-0.39, 0.29) is 0 Å². The summed E-state index contributed by atoms with van der Waals surface area (Å²) in [5.41, 5.74) is 1.42. The summed E-state index contributed by atoms with van der Waals surface area (Å²) in [4.78, 5) is 12.3. The van der Waals surface area contributed by atoms with Gasteiger partial charge in [0.2, 0.25) is 0 Å². The first-order valence-corrected chi connectivity index (χ1v) is 9.41. The van der Waals surface area contributed by atoms with Crippen molar-refractivity contribution >= 4 is 5.82 Å². The second-order valence-corrected chi connectivity index (χ2v) is 7.14. The van der Waals surface area contributed by atoms with E-state index in [1.165, 1.54) is 50.8 Å². The molecule has 4 nitrogen and oxygen atoms in total. The van der Waals surface area contributed by atoms with E-state index >= 15 is 0 Å². The van der Waals surface area contributed by atoms with Gasteiger partial charge in [-0.25, -0.2) is 4.98 Å². The molecule has 2 fully saturated rings. The molecular formula is C19H32N4. The summed E-state index contributed by atoms with van der Waals surface area (Å²) in [5.74, 6) is 1.15. The number of piperidine rings is 1. The largest absolute Gasteiger partial charge is 0.354 e. The Morgan fingerprint density at radius 1 is 1.09 bits per heavy atom. The quantitative estimate of drug-likeness (QED) is 0.832. The molecule has 0 spiro atoms. The van der Waals surface area contributed by atoms with Crippen molar-refractivity contribution in [2.75, 3.05) is 51.2 Å². The predicted octanol–water partition coefficient (Wildman–Crippen LogP) is 3.16. The Balaban J connectivity index is 1.65. The summed E-state index contributed by atoms with van der Waals surface area (Å²) in [6, 6.07) is 5.16. The average Bonchev–Trinajstić information content (AvgIpc) is 2.61. The van der Waals surface area contributed by atoms with Crippen LogP contribution in [-0.4, -0.2) is 61.1 Å². The van der Waals surface area contributed by atoms with Gasteiger partial charge in [0.15, 0.2) is 0 Å². The van der Waals surface area contributed by atoms with Crippen molar-refractivity contribution in [3.05, 3.63) is 23.9 Å². The monoisotopic (exact) mass is 316 g/mol. The lowest BCUT2D eigenvalue weighted by Crippen LogP contribution is -2.44. The van der Waals surface area contributed by atoms with Crippen LogP contribution in [0.5, 0.6) is 0 Å². The normalized spacial score (nSPS) is 24.1. The summed E-state index contributed by atoms with van der Waals surface area (Å²) >= 11 is 0. The number of nitrogens with zero attached hydrogens (tertiary/aromatic N) is 4. The molecule has 0 saturated carbocycles. The van der Waals surface area contributed by atoms with Crippen molar-refractivity contribution in [2.45, 2.75) is 45.1 Å². The lowest BCUT2D eigenvalue weighted by atomic mass is 9.96. The lowest BCUT2D eigenvalue weighted by Gasteiger charge is -2.36. The maximum Gasteiger partial charge on any atom is 0.128 e. The minimum Gasteiger partial charge on any atom is -0.354 e. The van der Waals surface area contributed by atoms with Crippen LogP contribution in [0.3, 0.4) is 0 Å². The molecule has 0 radical (unpaired) electrons. The van der Waals surface area contributed by atoms with E-state index in [1.54, 1.807) is 0 Å². The highest BCUT2D eigenvalue weighted by molar-refractivity contribution is 5.40.